The minimum Gasteiger partial charge on any atom is -0.493 e. The van der Waals surface area contributed by atoms with Crippen LogP contribution in [0.5, 0.6) is 28.7 Å². The van der Waals surface area contributed by atoms with Crippen molar-refractivity contribution < 1.29 is 28.5 Å². The van der Waals surface area contributed by atoms with E-state index in [2.05, 4.69) is 24.4 Å². The largest absolute Gasteiger partial charge is 0.493 e. The van der Waals surface area contributed by atoms with Gasteiger partial charge in [0.2, 0.25) is 5.75 Å². The fourth-order valence-electron chi connectivity index (χ4n) is 2.88. The summed E-state index contributed by atoms with van der Waals surface area (Å²) in [6.07, 6.45) is 1.49. The zero-order chi connectivity index (χ0) is 21.7. The lowest BCUT2D eigenvalue weighted by molar-refractivity contribution is 0.0954. The lowest BCUT2D eigenvalue weighted by Crippen LogP contribution is -2.26. The van der Waals surface area contributed by atoms with E-state index in [1.807, 2.05) is 0 Å². The van der Waals surface area contributed by atoms with Gasteiger partial charge in [-0.05, 0) is 30.3 Å². The molecule has 0 fully saturated rings. The molecule has 0 bridgehead atoms. The monoisotopic (exact) mass is 414 g/mol. The van der Waals surface area contributed by atoms with Crippen molar-refractivity contribution >= 4 is 12.1 Å². The molecular formula is C22H26N2O6. The van der Waals surface area contributed by atoms with Crippen molar-refractivity contribution in [2.45, 2.75) is 13.8 Å². The third-order valence-electron chi connectivity index (χ3n) is 4.51. The zero-order valence-corrected chi connectivity index (χ0v) is 17.8. The highest BCUT2D eigenvalue weighted by molar-refractivity contribution is 5.95. The van der Waals surface area contributed by atoms with Crippen LogP contribution < -0.4 is 29.1 Å². The van der Waals surface area contributed by atoms with E-state index in [-0.39, 0.29) is 11.3 Å². The second-order valence-electron chi connectivity index (χ2n) is 7.56. The van der Waals surface area contributed by atoms with Crippen molar-refractivity contribution in [2.75, 3.05) is 34.5 Å². The summed E-state index contributed by atoms with van der Waals surface area (Å²) < 4.78 is 27.5. The van der Waals surface area contributed by atoms with Crippen LogP contribution in [0.25, 0.3) is 0 Å². The highest BCUT2D eigenvalue weighted by Crippen LogP contribution is 2.38. The summed E-state index contributed by atoms with van der Waals surface area (Å²) in [7, 11) is 4.60. The number of hydrogen-bond acceptors (Lipinski definition) is 7. The molecule has 0 aliphatic carbocycles. The number of amides is 1. The number of fused-ring (bicyclic) bond motifs is 1. The molecule has 0 unspecified atom stereocenters. The van der Waals surface area contributed by atoms with Gasteiger partial charge in [0.05, 0.1) is 40.8 Å². The van der Waals surface area contributed by atoms with Gasteiger partial charge < -0.3 is 23.7 Å². The van der Waals surface area contributed by atoms with Crippen molar-refractivity contribution in [3.8, 4) is 28.7 Å². The van der Waals surface area contributed by atoms with E-state index in [0.29, 0.717) is 53.1 Å². The number of carbonyl (C=O) groups excluding carboxylic acids is 1. The Kier molecular flexibility index (Phi) is 6.34. The van der Waals surface area contributed by atoms with E-state index in [9.17, 15) is 4.79 Å². The zero-order valence-electron chi connectivity index (χ0n) is 17.8. The molecule has 1 heterocycles. The van der Waals surface area contributed by atoms with Gasteiger partial charge in [0.15, 0.2) is 23.0 Å². The molecule has 0 atom stereocenters. The topological polar surface area (TPSA) is 87.6 Å². The summed E-state index contributed by atoms with van der Waals surface area (Å²) in [4.78, 5) is 12.5. The van der Waals surface area contributed by atoms with Crippen LogP contribution in [0.1, 0.15) is 29.8 Å². The van der Waals surface area contributed by atoms with Crippen LogP contribution in [0.4, 0.5) is 0 Å². The molecule has 8 heteroatoms. The van der Waals surface area contributed by atoms with Gasteiger partial charge >= 0.3 is 0 Å². The van der Waals surface area contributed by atoms with Crippen LogP contribution in [0, 0.1) is 5.41 Å². The maximum Gasteiger partial charge on any atom is 0.271 e. The predicted molar refractivity (Wildman–Crippen MR) is 112 cm³/mol. The standard InChI is InChI=1S/C22H26N2O6/c1-22(2)12-29-16-7-6-15(10-17(16)30-13-22)21(25)24-23-11-14-8-18(26-3)20(28-5)19(9-14)27-4/h6-11H,12-13H2,1-5H3,(H,24,25)/b23-11+. The SMILES string of the molecule is COc1cc(/C=N/NC(=O)c2ccc3c(c2)OCC(C)(C)CO3)cc(OC)c1OC. The number of hydrazone groups is 1. The maximum absolute atomic E-state index is 12.5. The highest BCUT2D eigenvalue weighted by atomic mass is 16.5. The van der Waals surface area contributed by atoms with Crippen LogP contribution in [-0.2, 0) is 0 Å². The van der Waals surface area contributed by atoms with Gasteiger partial charge in [-0.15, -0.1) is 0 Å². The second kappa shape index (κ2) is 8.94. The molecule has 30 heavy (non-hydrogen) atoms. The third kappa shape index (κ3) is 4.76. The van der Waals surface area contributed by atoms with E-state index in [1.165, 1.54) is 27.5 Å². The summed E-state index contributed by atoms with van der Waals surface area (Å²) in [6, 6.07) is 8.51. The van der Waals surface area contributed by atoms with Gasteiger partial charge in [0, 0.05) is 16.5 Å². The van der Waals surface area contributed by atoms with Gasteiger partial charge in [0.1, 0.15) is 0 Å². The van der Waals surface area contributed by atoms with Gasteiger partial charge in [-0.25, -0.2) is 5.43 Å². The number of methoxy groups -OCH3 is 3. The number of hydrogen-bond donors (Lipinski definition) is 1. The van der Waals surface area contributed by atoms with Crippen molar-refractivity contribution in [1.29, 1.82) is 0 Å². The molecule has 1 aliphatic rings. The molecule has 2 aromatic carbocycles. The van der Waals surface area contributed by atoms with Crippen LogP contribution in [0.3, 0.4) is 0 Å². The predicted octanol–water partition coefficient (Wildman–Crippen LogP) is 3.27. The van der Waals surface area contributed by atoms with Crippen molar-refractivity contribution in [2.24, 2.45) is 10.5 Å². The van der Waals surface area contributed by atoms with Crippen LogP contribution in [0.15, 0.2) is 35.4 Å². The maximum atomic E-state index is 12.5. The van der Waals surface area contributed by atoms with E-state index in [4.69, 9.17) is 23.7 Å². The Morgan fingerprint density at radius 3 is 2.23 bits per heavy atom. The minimum absolute atomic E-state index is 0.105. The first-order valence-corrected chi connectivity index (χ1v) is 9.40. The molecule has 2 aromatic rings. The van der Waals surface area contributed by atoms with Crippen LogP contribution in [0.2, 0.25) is 0 Å². The molecule has 0 aromatic heterocycles. The summed E-state index contributed by atoms with van der Waals surface area (Å²) in [5.74, 6) is 2.27. The molecule has 0 saturated carbocycles. The smallest absolute Gasteiger partial charge is 0.271 e. The lowest BCUT2D eigenvalue weighted by atomic mass is 9.97. The molecule has 1 amide bonds. The van der Waals surface area contributed by atoms with Crippen LogP contribution in [-0.4, -0.2) is 46.7 Å². The minimum atomic E-state index is -0.367. The first-order valence-electron chi connectivity index (χ1n) is 9.40. The summed E-state index contributed by atoms with van der Waals surface area (Å²) in [5, 5.41) is 4.03. The summed E-state index contributed by atoms with van der Waals surface area (Å²) >= 11 is 0. The Bertz CT molecular complexity index is 930. The number of benzene rings is 2. The number of carbonyl (C=O) groups is 1. The average molecular weight is 414 g/mol. The first kappa shape index (κ1) is 21.3. The Morgan fingerprint density at radius 2 is 1.63 bits per heavy atom. The number of rotatable bonds is 6. The molecule has 1 aliphatic heterocycles. The molecule has 0 radical (unpaired) electrons. The molecule has 8 nitrogen and oxygen atoms in total. The van der Waals surface area contributed by atoms with Crippen molar-refractivity contribution in [3.05, 3.63) is 41.5 Å². The van der Waals surface area contributed by atoms with E-state index in [0.717, 1.165) is 0 Å². The lowest BCUT2D eigenvalue weighted by Gasteiger charge is -2.19. The fraction of sp³-hybridized carbons (Fsp3) is 0.364. The normalized spacial score (nSPS) is 14.7. The number of nitrogens with one attached hydrogen (secondary N) is 1. The summed E-state index contributed by atoms with van der Waals surface area (Å²) in [6.45, 7) is 5.17. The quantitative estimate of drug-likeness (QED) is 0.577. The van der Waals surface area contributed by atoms with Gasteiger partial charge in [-0.2, -0.15) is 5.10 Å². The van der Waals surface area contributed by atoms with Crippen molar-refractivity contribution in [1.82, 2.24) is 5.43 Å². The molecule has 3 rings (SSSR count). The van der Waals surface area contributed by atoms with Gasteiger partial charge in [0.25, 0.3) is 5.91 Å². The third-order valence-corrected chi connectivity index (χ3v) is 4.51. The number of ether oxygens (including phenoxy) is 5. The van der Waals surface area contributed by atoms with Gasteiger partial charge in [-0.3, -0.25) is 4.79 Å². The first-order chi connectivity index (χ1) is 14.4. The highest BCUT2D eigenvalue weighted by Gasteiger charge is 2.25. The Labute approximate surface area is 175 Å². The molecule has 1 N–H and O–H groups in total. The Balaban J connectivity index is 1.72. The molecular weight excluding hydrogens is 388 g/mol. The van der Waals surface area contributed by atoms with Crippen LogP contribution >= 0.6 is 0 Å². The van der Waals surface area contributed by atoms with Crippen molar-refractivity contribution in [3.63, 3.8) is 0 Å². The second-order valence-corrected chi connectivity index (χ2v) is 7.56. The molecule has 160 valence electrons. The Hall–Kier alpha value is -3.42. The Morgan fingerprint density at radius 1 is 1.00 bits per heavy atom. The number of nitrogens with zero attached hydrogens (tertiary/aromatic N) is 1. The average Bonchev–Trinajstić information content (AvgIpc) is 2.90. The van der Waals surface area contributed by atoms with E-state index < -0.39 is 0 Å². The summed E-state index contributed by atoms with van der Waals surface area (Å²) in [5.41, 5.74) is 3.49. The fourth-order valence-corrected chi connectivity index (χ4v) is 2.88. The van der Waals surface area contributed by atoms with Gasteiger partial charge in [-0.1, -0.05) is 13.8 Å². The van der Waals surface area contributed by atoms with E-state index in [1.54, 1.807) is 30.3 Å². The van der Waals surface area contributed by atoms with E-state index >= 15 is 0 Å². The molecule has 0 saturated heterocycles. The molecule has 0 spiro atoms.